The zero-order chi connectivity index (χ0) is 17.6. The normalized spacial score (nSPS) is 16.8. The number of benzene rings is 1. The fraction of sp³-hybridized carbons (Fsp3) is 0.556. The summed E-state index contributed by atoms with van der Waals surface area (Å²) in [6.07, 6.45) is 0.820. The fourth-order valence-electron chi connectivity index (χ4n) is 3.03. The number of nitrogens with one attached hydrogen (secondary N) is 1. The number of carbonyl (C=O) groups excluding carboxylic acids is 2. The predicted molar refractivity (Wildman–Crippen MR) is 92.3 cm³/mol. The summed E-state index contributed by atoms with van der Waals surface area (Å²) in [7, 11) is 0. The van der Waals surface area contributed by atoms with Gasteiger partial charge >= 0.3 is 0 Å². The third-order valence-electron chi connectivity index (χ3n) is 4.45. The van der Waals surface area contributed by atoms with Crippen LogP contribution in [0.1, 0.15) is 25.3 Å². The van der Waals surface area contributed by atoms with Gasteiger partial charge in [-0.2, -0.15) is 0 Å². The molecule has 2 aliphatic heterocycles. The van der Waals surface area contributed by atoms with E-state index in [1.54, 1.807) is 4.90 Å². The molecule has 2 heterocycles. The van der Waals surface area contributed by atoms with E-state index >= 15 is 0 Å². The lowest BCUT2D eigenvalue weighted by Crippen LogP contribution is -2.49. The fourth-order valence-corrected chi connectivity index (χ4v) is 3.03. The number of amides is 2. The molecule has 1 N–H and O–H groups in total. The Hall–Kier alpha value is -2.28. The lowest BCUT2D eigenvalue weighted by molar-refractivity contribution is -0.137. The van der Waals surface area contributed by atoms with Crippen molar-refractivity contribution in [1.82, 2.24) is 15.1 Å². The van der Waals surface area contributed by atoms with Gasteiger partial charge in [0, 0.05) is 39.3 Å². The molecular formula is C18H25N3O4. The molecule has 1 saturated heterocycles. The quantitative estimate of drug-likeness (QED) is 0.777. The zero-order valence-corrected chi connectivity index (χ0v) is 14.6. The summed E-state index contributed by atoms with van der Waals surface area (Å²) in [5.41, 5.74) is 1.17. The molecule has 1 aromatic carbocycles. The van der Waals surface area contributed by atoms with Crippen molar-refractivity contribution in [3.8, 4) is 11.5 Å². The first-order valence-electron chi connectivity index (χ1n) is 8.81. The summed E-state index contributed by atoms with van der Waals surface area (Å²) in [5, 5.41) is 2.75. The molecule has 0 atom stereocenters. The average molecular weight is 347 g/mol. The van der Waals surface area contributed by atoms with Crippen LogP contribution in [-0.4, -0.2) is 61.1 Å². The first-order valence-corrected chi connectivity index (χ1v) is 8.81. The summed E-state index contributed by atoms with van der Waals surface area (Å²) in [6, 6.07) is 5.99. The van der Waals surface area contributed by atoms with E-state index in [4.69, 9.17) is 9.47 Å². The van der Waals surface area contributed by atoms with Gasteiger partial charge in [-0.1, -0.05) is 13.0 Å². The summed E-state index contributed by atoms with van der Waals surface area (Å²) < 4.78 is 10.7. The van der Waals surface area contributed by atoms with Crippen molar-refractivity contribution in [3.05, 3.63) is 23.8 Å². The molecule has 0 bridgehead atoms. The minimum Gasteiger partial charge on any atom is -0.454 e. The van der Waals surface area contributed by atoms with Crippen LogP contribution in [0.25, 0.3) is 0 Å². The van der Waals surface area contributed by atoms with Crippen LogP contribution in [0.3, 0.4) is 0 Å². The maximum Gasteiger partial charge on any atom is 0.232 e. The van der Waals surface area contributed by atoms with E-state index in [0.717, 1.165) is 37.6 Å². The highest BCUT2D eigenvalue weighted by molar-refractivity contribution is 5.96. The maximum absolute atomic E-state index is 12.2. The van der Waals surface area contributed by atoms with Crippen molar-refractivity contribution in [2.24, 2.45) is 0 Å². The molecule has 2 amide bonds. The molecule has 7 heteroatoms. The van der Waals surface area contributed by atoms with Gasteiger partial charge < -0.3 is 19.7 Å². The van der Waals surface area contributed by atoms with Gasteiger partial charge in [-0.05, 0) is 24.1 Å². The molecule has 1 aromatic rings. The second kappa shape index (κ2) is 8.20. The van der Waals surface area contributed by atoms with Crippen LogP contribution in [0.2, 0.25) is 0 Å². The molecule has 136 valence electrons. The Labute approximate surface area is 147 Å². The van der Waals surface area contributed by atoms with E-state index < -0.39 is 0 Å². The molecule has 7 nitrogen and oxygen atoms in total. The summed E-state index contributed by atoms with van der Waals surface area (Å²) in [6.45, 7) is 6.63. The molecule has 2 aliphatic rings. The third-order valence-corrected chi connectivity index (χ3v) is 4.45. The SMILES string of the molecule is CCCNC(=O)CC(=O)N1CCN(Cc2ccc3c(c2)OCO3)CC1. The van der Waals surface area contributed by atoms with Gasteiger partial charge in [0.15, 0.2) is 11.5 Å². The van der Waals surface area contributed by atoms with Gasteiger partial charge in [0.2, 0.25) is 18.6 Å². The number of fused-ring (bicyclic) bond motifs is 1. The third kappa shape index (κ3) is 4.63. The number of ether oxygens (including phenoxy) is 2. The second-order valence-electron chi connectivity index (χ2n) is 6.37. The van der Waals surface area contributed by atoms with Crippen LogP contribution < -0.4 is 14.8 Å². The van der Waals surface area contributed by atoms with Crippen molar-refractivity contribution >= 4 is 11.8 Å². The first kappa shape index (κ1) is 17.5. The zero-order valence-electron chi connectivity index (χ0n) is 14.6. The smallest absolute Gasteiger partial charge is 0.232 e. The van der Waals surface area contributed by atoms with Crippen LogP contribution in [0.4, 0.5) is 0 Å². The number of hydrogen-bond donors (Lipinski definition) is 1. The van der Waals surface area contributed by atoms with Gasteiger partial charge in [0.25, 0.3) is 0 Å². The minimum atomic E-state index is -0.186. The highest BCUT2D eigenvalue weighted by atomic mass is 16.7. The Kier molecular flexibility index (Phi) is 5.75. The largest absolute Gasteiger partial charge is 0.454 e. The van der Waals surface area contributed by atoms with Gasteiger partial charge in [-0.3, -0.25) is 14.5 Å². The molecule has 1 fully saturated rings. The number of carbonyl (C=O) groups is 2. The Morgan fingerprint density at radius 2 is 1.88 bits per heavy atom. The Bertz CT molecular complexity index is 627. The van der Waals surface area contributed by atoms with E-state index in [9.17, 15) is 9.59 Å². The summed E-state index contributed by atoms with van der Waals surface area (Å²) >= 11 is 0. The second-order valence-corrected chi connectivity index (χ2v) is 6.37. The van der Waals surface area contributed by atoms with E-state index in [-0.39, 0.29) is 25.0 Å². The predicted octanol–water partition coefficient (Wildman–Crippen LogP) is 0.976. The Balaban J connectivity index is 1.44. The van der Waals surface area contributed by atoms with E-state index in [1.807, 2.05) is 25.1 Å². The molecule has 0 spiro atoms. The van der Waals surface area contributed by atoms with Crippen LogP contribution in [0.15, 0.2) is 18.2 Å². The van der Waals surface area contributed by atoms with Crippen molar-refractivity contribution < 1.29 is 19.1 Å². The standard InChI is InChI=1S/C18H25N3O4/c1-2-5-19-17(22)11-18(23)21-8-6-20(7-9-21)12-14-3-4-15-16(10-14)25-13-24-15/h3-4,10H,2,5-9,11-13H2,1H3,(H,19,22). The summed E-state index contributed by atoms with van der Waals surface area (Å²) in [4.78, 5) is 27.9. The van der Waals surface area contributed by atoms with Crippen molar-refractivity contribution in [2.45, 2.75) is 26.3 Å². The first-order chi connectivity index (χ1) is 12.2. The monoisotopic (exact) mass is 347 g/mol. The topological polar surface area (TPSA) is 71.1 Å². The number of piperazine rings is 1. The average Bonchev–Trinajstić information content (AvgIpc) is 3.08. The number of hydrogen-bond acceptors (Lipinski definition) is 5. The van der Waals surface area contributed by atoms with E-state index in [2.05, 4.69) is 10.2 Å². The molecule has 0 saturated carbocycles. The van der Waals surface area contributed by atoms with Crippen LogP contribution in [-0.2, 0) is 16.1 Å². The van der Waals surface area contributed by atoms with Crippen molar-refractivity contribution in [1.29, 1.82) is 0 Å². The molecule has 0 aliphatic carbocycles. The molecule has 25 heavy (non-hydrogen) atoms. The summed E-state index contributed by atoms with van der Waals surface area (Å²) in [5.74, 6) is 1.32. The molecule has 3 rings (SSSR count). The molecular weight excluding hydrogens is 322 g/mol. The van der Waals surface area contributed by atoms with Gasteiger partial charge in [0.1, 0.15) is 6.42 Å². The lowest BCUT2D eigenvalue weighted by atomic mass is 10.1. The van der Waals surface area contributed by atoms with Gasteiger partial charge in [0.05, 0.1) is 0 Å². The van der Waals surface area contributed by atoms with Crippen LogP contribution in [0.5, 0.6) is 11.5 Å². The van der Waals surface area contributed by atoms with Gasteiger partial charge in [-0.25, -0.2) is 0 Å². The van der Waals surface area contributed by atoms with Crippen LogP contribution >= 0.6 is 0 Å². The molecule has 0 aromatic heterocycles. The lowest BCUT2D eigenvalue weighted by Gasteiger charge is -2.34. The Morgan fingerprint density at radius 1 is 1.12 bits per heavy atom. The molecule has 0 radical (unpaired) electrons. The van der Waals surface area contributed by atoms with Gasteiger partial charge in [-0.15, -0.1) is 0 Å². The number of nitrogens with zero attached hydrogens (tertiary/aromatic N) is 2. The minimum absolute atomic E-state index is 0.0534. The Morgan fingerprint density at radius 3 is 2.64 bits per heavy atom. The number of rotatable bonds is 6. The van der Waals surface area contributed by atoms with Crippen molar-refractivity contribution in [3.63, 3.8) is 0 Å². The maximum atomic E-state index is 12.2. The molecule has 0 unspecified atom stereocenters. The van der Waals surface area contributed by atoms with Crippen molar-refractivity contribution in [2.75, 3.05) is 39.5 Å². The van der Waals surface area contributed by atoms with E-state index in [1.165, 1.54) is 5.56 Å². The van der Waals surface area contributed by atoms with Crippen LogP contribution in [0, 0.1) is 0 Å². The highest BCUT2D eigenvalue weighted by Crippen LogP contribution is 2.32. The van der Waals surface area contributed by atoms with E-state index in [0.29, 0.717) is 19.6 Å². The highest BCUT2D eigenvalue weighted by Gasteiger charge is 2.23.